The highest BCUT2D eigenvalue weighted by Gasteiger charge is 2.50. The second kappa shape index (κ2) is 7.21. The number of alkyl halides is 4. The van der Waals surface area contributed by atoms with Gasteiger partial charge in [0.1, 0.15) is 5.69 Å². The Morgan fingerprint density at radius 2 is 1.88 bits per heavy atom. The van der Waals surface area contributed by atoms with Gasteiger partial charge in [-0.1, -0.05) is 36.7 Å². The van der Waals surface area contributed by atoms with E-state index in [-0.39, 0.29) is 5.33 Å². The van der Waals surface area contributed by atoms with Gasteiger partial charge in [0, 0.05) is 6.20 Å². The lowest BCUT2D eigenvalue weighted by atomic mass is 10.1. The van der Waals surface area contributed by atoms with Crippen LogP contribution in [-0.4, -0.2) is 30.6 Å². The molecule has 1 aromatic heterocycles. The molecule has 1 atom stereocenters. The first kappa shape index (κ1) is 21.2. The third-order valence-electron chi connectivity index (χ3n) is 4.10. The summed E-state index contributed by atoms with van der Waals surface area (Å²) >= 11 is 2.88. The summed E-state index contributed by atoms with van der Waals surface area (Å²) in [6.45, 7) is 8.61. The molecule has 0 fully saturated rings. The van der Waals surface area contributed by atoms with Crippen molar-refractivity contribution in [2.24, 2.45) is 0 Å². The Morgan fingerprint density at radius 1 is 1.33 bits per heavy atom. The molecule has 0 aliphatic carbocycles. The molecule has 1 aromatic rings. The van der Waals surface area contributed by atoms with Crippen molar-refractivity contribution in [3.05, 3.63) is 29.3 Å². The quantitative estimate of drug-likeness (QED) is 0.271. The van der Waals surface area contributed by atoms with Crippen LogP contribution in [0.5, 0.6) is 0 Å². The predicted molar refractivity (Wildman–Crippen MR) is 89.4 cm³/mol. The maximum atomic E-state index is 14.5. The molecule has 24 heavy (non-hydrogen) atoms. The average Bonchev–Trinajstić information content (AvgIpc) is 2.42. The lowest BCUT2D eigenvalue weighted by molar-refractivity contribution is -0.203. The number of ketones is 1. The summed E-state index contributed by atoms with van der Waals surface area (Å²) in [5, 5.41) is -0.705. The molecular weight excluding hydrogens is 410 g/mol. The number of nitrogens with zero attached hydrogens (tertiary/aromatic N) is 1. The van der Waals surface area contributed by atoms with Crippen LogP contribution in [-0.2, 0) is 4.43 Å². The summed E-state index contributed by atoms with van der Waals surface area (Å²) in [4.78, 5) is 15.2. The Morgan fingerprint density at radius 3 is 2.29 bits per heavy atom. The van der Waals surface area contributed by atoms with Crippen molar-refractivity contribution in [2.45, 2.75) is 51.2 Å². The number of hydrogen-bond acceptors (Lipinski definition) is 3. The number of Topliss-reactive ketones (excluding diaryl/α,β-unsaturated/α-hetero) is 1. The molecule has 0 spiro atoms. The van der Waals surface area contributed by atoms with E-state index in [4.69, 9.17) is 4.43 Å². The molecule has 1 unspecified atom stereocenters. The second-order valence-electron chi connectivity index (χ2n) is 6.91. The SMILES string of the molecule is CC(C)(C)[Si](C)(C)OC(c1nccc(C(=O)CBr)c1F)C(F)(F)F. The third-order valence-corrected chi connectivity index (χ3v) is 9.05. The van der Waals surface area contributed by atoms with E-state index in [1.165, 1.54) is 0 Å². The lowest BCUT2D eigenvalue weighted by Gasteiger charge is -2.39. The maximum absolute atomic E-state index is 14.5. The molecule has 1 rings (SSSR count). The minimum Gasteiger partial charge on any atom is -0.401 e. The van der Waals surface area contributed by atoms with Gasteiger partial charge < -0.3 is 4.43 Å². The van der Waals surface area contributed by atoms with Crippen molar-refractivity contribution in [3.63, 3.8) is 0 Å². The standard InChI is InChI=1S/C15H20BrF4NO2Si/c1-14(2,3)24(4,5)23-13(15(18,19)20)12-11(17)9(6-7-21-12)10(22)8-16/h6-7,13H,8H2,1-5H3. The fourth-order valence-corrected chi connectivity index (χ4v) is 3.17. The van der Waals surface area contributed by atoms with Crippen molar-refractivity contribution in [3.8, 4) is 0 Å². The summed E-state index contributed by atoms with van der Waals surface area (Å²) in [5.74, 6) is -1.95. The number of hydrogen-bond donors (Lipinski definition) is 0. The fraction of sp³-hybridized carbons (Fsp3) is 0.600. The minimum atomic E-state index is -4.85. The van der Waals surface area contributed by atoms with Crippen molar-refractivity contribution in [1.82, 2.24) is 4.98 Å². The van der Waals surface area contributed by atoms with Crippen LogP contribution < -0.4 is 0 Å². The van der Waals surface area contributed by atoms with Crippen molar-refractivity contribution >= 4 is 30.0 Å². The summed E-state index contributed by atoms with van der Waals surface area (Å²) in [6, 6.07) is 1.06. The van der Waals surface area contributed by atoms with E-state index in [0.29, 0.717) is 0 Å². The highest BCUT2D eigenvalue weighted by molar-refractivity contribution is 9.09. The van der Waals surface area contributed by atoms with Crippen LogP contribution in [0.2, 0.25) is 18.1 Å². The molecule has 136 valence electrons. The predicted octanol–water partition coefficient (Wildman–Crippen LogP) is 5.42. The molecular formula is C15H20BrF4NO2Si. The van der Waals surface area contributed by atoms with Gasteiger partial charge in [0.25, 0.3) is 0 Å². The van der Waals surface area contributed by atoms with E-state index in [9.17, 15) is 22.4 Å². The number of carbonyl (C=O) groups is 1. The number of rotatable bonds is 5. The van der Waals surface area contributed by atoms with Crippen LogP contribution in [0.3, 0.4) is 0 Å². The molecule has 0 saturated heterocycles. The largest absolute Gasteiger partial charge is 0.419 e. The molecule has 9 heteroatoms. The van der Waals surface area contributed by atoms with E-state index < -0.39 is 48.5 Å². The van der Waals surface area contributed by atoms with E-state index in [2.05, 4.69) is 20.9 Å². The van der Waals surface area contributed by atoms with Crippen molar-refractivity contribution in [2.75, 3.05) is 5.33 Å². The van der Waals surface area contributed by atoms with E-state index in [1.54, 1.807) is 33.9 Å². The van der Waals surface area contributed by atoms with Crippen LogP contribution in [0.25, 0.3) is 0 Å². The Labute approximate surface area is 148 Å². The van der Waals surface area contributed by atoms with Gasteiger partial charge in [0.15, 0.2) is 26.0 Å². The van der Waals surface area contributed by atoms with Crippen molar-refractivity contribution < 1.29 is 26.8 Å². The van der Waals surface area contributed by atoms with Crippen LogP contribution >= 0.6 is 15.9 Å². The van der Waals surface area contributed by atoms with Crippen LogP contribution in [0.1, 0.15) is 42.9 Å². The molecule has 1 heterocycles. The highest BCUT2D eigenvalue weighted by atomic mass is 79.9. The molecule has 0 aromatic carbocycles. The normalized spacial score (nSPS) is 14.6. The second-order valence-corrected chi connectivity index (χ2v) is 12.2. The van der Waals surface area contributed by atoms with E-state index in [0.717, 1.165) is 12.3 Å². The fourth-order valence-electron chi connectivity index (χ4n) is 1.68. The zero-order valence-corrected chi connectivity index (χ0v) is 16.7. The van der Waals surface area contributed by atoms with E-state index >= 15 is 0 Å². The van der Waals surface area contributed by atoms with E-state index in [1.807, 2.05) is 0 Å². The molecule has 0 N–H and O–H groups in total. The van der Waals surface area contributed by atoms with Crippen LogP contribution in [0.4, 0.5) is 17.6 Å². The smallest absolute Gasteiger partial charge is 0.401 e. The minimum absolute atomic E-state index is 0.201. The molecule has 0 aliphatic heterocycles. The zero-order valence-electron chi connectivity index (χ0n) is 14.1. The molecule has 0 aliphatic rings. The van der Waals surface area contributed by atoms with Crippen LogP contribution in [0.15, 0.2) is 12.3 Å². The molecule has 0 saturated carbocycles. The number of aromatic nitrogens is 1. The molecule has 0 radical (unpaired) electrons. The molecule has 0 bridgehead atoms. The van der Waals surface area contributed by atoms with Gasteiger partial charge in [0.05, 0.1) is 10.9 Å². The number of halogens is 5. The van der Waals surface area contributed by atoms with Gasteiger partial charge >= 0.3 is 6.18 Å². The van der Waals surface area contributed by atoms with Gasteiger partial charge in [-0.3, -0.25) is 9.78 Å². The topological polar surface area (TPSA) is 39.2 Å². The van der Waals surface area contributed by atoms with Gasteiger partial charge in [-0.25, -0.2) is 4.39 Å². The lowest BCUT2D eigenvalue weighted by Crippen LogP contribution is -2.45. The number of pyridine rings is 1. The number of carbonyl (C=O) groups excluding carboxylic acids is 1. The summed E-state index contributed by atoms with van der Waals surface area (Å²) < 4.78 is 60.4. The first-order valence-corrected chi connectivity index (χ1v) is 11.2. The van der Waals surface area contributed by atoms with Gasteiger partial charge in [-0.2, -0.15) is 13.2 Å². The zero-order chi connectivity index (χ0) is 18.9. The Balaban J connectivity index is 3.42. The Kier molecular flexibility index (Phi) is 6.38. The Bertz CT molecular complexity index is 614. The first-order chi connectivity index (χ1) is 10.7. The van der Waals surface area contributed by atoms with Gasteiger partial charge in [-0.05, 0) is 24.2 Å². The highest BCUT2D eigenvalue weighted by Crippen LogP contribution is 2.44. The monoisotopic (exact) mass is 429 g/mol. The maximum Gasteiger partial charge on any atom is 0.419 e. The summed E-state index contributed by atoms with van der Waals surface area (Å²) in [7, 11) is -2.86. The Hall–Kier alpha value is -0.803. The third kappa shape index (κ3) is 4.63. The summed E-state index contributed by atoms with van der Waals surface area (Å²) in [5.41, 5.74) is -1.34. The first-order valence-electron chi connectivity index (χ1n) is 7.20. The summed E-state index contributed by atoms with van der Waals surface area (Å²) in [6.07, 6.45) is -6.37. The molecule has 3 nitrogen and oxygen atoms in total. The van der Waals surface area contributed by atoms with Crippen LogP contribution in [0, 0.1) is 5.82 Å². The average molecular weight is 430 g/mol. The van der Waals surface area contributed by atoms with Crippen molar-refractivity contribution in [1.29, 1.82) is 0 Å². The van der Waals surface area contributed by atoms with Gasteiger partial charge in [-0.15, -0.1) is 0 Å². The van der Waals surface area contributed by atoms with Gasteiger partial charge in [0.2, 0.25) is 0 Å². The molecule has 0 amide bonds.